The third kappa shape index (κ3) is 4.79. The Morgan fingerprint density at radius 2 is 1.61 bits per heavy atom. The maximum atomic E-state index is 13.6. The standard InChI is InChI=1S/C26H28N2O4S/c1-19-15-16-22(32-2)18-24(19)33(30,31)28-17-9-14-23(28)26(29)27-25(20-10-5-3-6-11-20)21-12-7-4-8-13-21/h3-8,10-13,15-16,18,23,25H,9,14,17H2,1-2H3,(H,27,29)/t23-/m0/s1. The van der Waals surface area contributed by atoms with Crippen molar-refractivity contribution in [1.82, 2.24) is 9.62 Å². The van der Waals surface area contributed by atoms with E-state index in [1.54, 1.807) is 19.1 Å². The van der Waals surface area contributed by atoms with E-state index >= 15 is 0 Å². The van der Waals surface area contributed by atoms with Crippen LogP contribution in [0.5, 0.6) is 5.75 Å². The van der Waals surface area contributed by atoms with Crippen LogP contribution in [0.4, 0.5) is 0 Å². The highest BCUT2D eigenvalue weighted by molar-refractivity contribution is 7.89. The van der Waals surface area contributed by atoms with Gasteiger partial charge in [0.1, 0.15) is 11.8 Å². The number of amides is 1. The predicted octanol–water partition coefficient (Wildman–Crippen LogP) is 4.06. The van der Waals surface area contributed by atoms with Crippen molar-refractivity contribution in [3.05, 3.63) is 95.6 Å². The van der Waals surface area contributed by atoms with Crippen molar-refractivity contribution in [2.24, 2.45) is 0 Å². The first-order chi connectivity index (χ1) is 15.9. The van der Waals surface area contributed by atoms with Gasteiger partial charge in [-0.25, -0.2) is 8.42 Å². The van der Waals surface area contributed by atoms with Crippen molar-refractivity contribution in [1.29, 1.82) is 0 Å². The maximum Gasteiger partial charge on any atom is 0.244 e. The molecule has 1 fully saturated rings. The van der Waals surface area contributed by atoms with Crippen molar-refractivity contribution >= 4 is 15.9 Å². The summed E-state index contributed by atoms with van der Waals surface area (Å²) in [5, 5.41) is 3.11. The van der Waals surface area contributed by atoms with Gasteiger partial charge in [-0.15, -0.1) is 0 Å². The number of rotatable bonds is 7. The number of ether oxygens (including phenoxy) is 1. The summed E-state index contributed by atoms with van der Waals surface area (Å²) in [5.41, 5.74) is 2.49. The van der Waals surface area contributed by atoms with E-state index in [2.05, 4.69) is 5.32 Å². The zero-order chi connectivity index (χ0) is 23.4. The average molecular weight is 465 g/mol. The highest BCUT2D eigenvalue weighted by Gasteiger charge is 2.40. The summed E-state index contributed by atoms with van der Waals surface area (Å²) >= 11 is 0. The number of nitrogens with one attached hydrogen (secondary N) is 1. The molecule has 7 heteroatoms. The molecule has 1 aliphatic rings. The molecule has 0 spiro atoms. The fourth-order valence-corrected chi connectivity index (χ4v) is 6.19. The van der Waals surface area contributed by atoms with Crippen LogP contribution in [0.2, 0.25) is 0 Å². The molecule has 0 aliphatic carbocycles. The number of hydrogen-bond donors (Lipinski definition) is 1. The summed E-state index contributed by atoms with van der Waals surface area (Å²) in [5.74, 6) is 0.168. The molecule has 33 heavy (non-hydrogen) atoms. The van der Waals surface area contributed by atoms with Crippen LogP contribution in [0.3, 0.4) is 0 Å². The van der Waals surface area contributed by atoms with E-state index < -0.39 is 16.1 Å². The molecule has 0 radical (unpaired) electrons. The Balaban J connectivity index is 1.63. The predicted molar refractivity (Wildman–Crippen MR) is 128 cm³/mol. The first kappa shape index (κ1) is 23.0. The Bertz CT molecular complexity index is 1170. The molecule has 0 aromatic heterocycles. The van der Waals surface area contributed by atoms with Gasteiger partial charge in [0.05, 0.1) is 18.0 Å². The van der Waals surface area contributed by atoms with Gasteiger partial charge in [0.25, 0.3) is 0 Å². The van der Waals surface area contributed by atoms with E-state index in [0.717, 1.165) is 11.1 Å². The van der Waals surface area contributed by atoms with Gasteiger partial charge in [0.15, 0.2) is 0 Å². The topological polar surface area (TPSA) is 75.7 Å². The minimum Gasteiger partial charge on any atom is -0.497 e. The van der Waals surface area contributed by atoms with E-state index in [1.165, 1.54) is 17.5 Å². The first-order valence-corrected chi connectivity index (χ1v) is 12.4. The SMILES string of the molecule is COc1ccc(C)c(S(=O)(=O)N2CCC[C@H]2C(=O)NC(c2ccccc2)c2ccccc2)c1. The molecule has 172 valence electrons. The second-order valence-electron chi connectivity index (χ2n) is 8.17. The molecule has 1 aliphatic heterocycles. The number of nitrogens with zero attached hydrogens (tertiary/aromatic N) is 1. The number of hydrogen-bond acceptors (Lipinski definition) is 4. The number of aryl methyl sites for hydroxylation is 1. The third-order valence-electron chi connectivity index (χ3n) is 6.04. The summed E-state index contributed by atoms with van der Waals surface area (Å²) in [4.78, 5) is 13.6. The summed E-state index contributed by atoms with van der Waals surface area (Å²) in [6.45, 7) is 2.05. The molecule has 0 saturated carbocycles. The molecule has 6 nitrogen and oxygen atoms in total. The Hall–Kier alpha value is -3.16. The van der Waals surface area contributed by atoms with Gasteiger partial charge < -0.3 is 10.1 Å². The van der Waals surface area contributed by atoms with Crippen LogP contribution in [0.15, 0.2) is 83.8 Å². The molecule has 0 unspecified atom stereocenters. The largest absolute Gasteiger partial charge is 0.497 e. The molecule has 0 bridgehead atoms. The molecule has 1 amide bonds. The lowest BCUT2D eigenvalue weighted by Gasteiger charge is -2.27. The van der Waals surface area contributed by atoms with E-state index in [4.69, 9.17) is 4.74 Å². The van der Waals surface area contributed by atoms with Crippen LogP contribution >= 0.6 is 0 Å². The lowest BCUT2D eigenvalue weighted by Crippen LogP contribution is -2.47. The fraction of sp³-hybridized carbons (Fsp3) is 0.269. The van der Waals surface area contributed by atoms with Crippen LogP contribution in [-0.4, -0.2) is 38.3 Å². The highest BCUT2D eigenvalue weighted by atomic mass is 32.2. The van der Waals surface area contributed by atoms with Crippen molar-refractivity contribution in [3.63, 3.8) is 0 Å². The Morgan fingerprint density at radius 3 is 2.18 bits per heavy atom. The maximum absolute atomic E-state index is 13.6. The van der Waals surface area contributed by atoms with Crippen molar-refractivity contribution in [3.8, 4) is 5.75 Å². The smallest absolute Gasteiger partial charge is 0.244 e. The van der Waals surface area contributed by atoms with Crippen molar-refractivity contribution in [2.45, 2.75) is 36.7 Å². The molecule has 3 aromatic rings. The van der Waals surface area contributed by atoms with Gasteiger partial charge in [0.2, 0.25) is 15.9 Å². The van der Waals surface area contributed by atoms with E-state index in [9.17, 15) is 13.2 Å². The molecular formula is C26H28N2O4S. The second kappa shape index (κ2) is 9.77. The fourth-order valence-electron chi connectivity index (χ4n) is 4.29. The summed E-state index contributed by atoms with van der Waals surface area (Å²) in [7, 11) is -2.37. The molecule has 4 rings (SSSR count). The second-order valence-corrected chi connectivity index (χ2v) is 10.0. The van der Waals surface area contributed by atoms with E-state index in [-0.39, 0.29) is 16.8 Å². The van der Waals surface area contributed by atoms with Crippen LogP contribution < -0.4 is 10.1 Å². The minimum atomic E-state index is -3.87. The Labute approximate surface area is 195 Å². The zero-order valence-electron chi connectivity index (χ0n) is 18.8. The van der Waals surface area contributed by atoms with Crippen molar-refractivity contribution < 1.29 is 17.9 Å². The number of benzene rings is 3. The molecule has 1 N–H and O–H groups in total. The van der Waals surface area contributed by atoms with Gasteiger partial charge in [-0.1, -0.05) is 66.7 Å². The number of sulfonamides is 1. The lowest BCUT2D eigenvalue weighted by molar-refractivity contribution is -0.124. The lowest BCUT2D eigenvalue weighted by atomic mass is 9.98. The highest BCUT2D eigenvalue weighted by Crippen LogP contribution is 2.31. The van der Waals surface area contributed by atoms with E-state index in [1.807, 2.05) is 60.7 Å². The summed E-state index contributed by atoms with van der Waals surface area (Å²) in [6.07, 6.45) is 1.10. The molecule has 1 atom stereocenters. The summed E-state index contributed by atoms with van der Waals surface area (Å²) < 4.78 is 33.7. The number of carbonyl (C=O) groups is 1. The molecule has 1 heterocycles. The van der Waals surface area contributed by atoms with Crippen LogP contribution in [0.25, 0.3) is 0 Å². The third-order valence-corrected chi connectivity index (χ3v) is 8.09. The van der Waals surface area contributed by atoms with Gasteiger partial charge in [0, 0.05) is 12.6 Å². The molecule has 1 saturated heterocycles. The van der Waals surface area contributed by atoms with Gasteiger partial charge in [-0.05, 0) is 42.5 Å². The Kier molecular flexibility index (Phi) is 6.81. The number of methoxy groups -OCH3 is 1. The zero-order valence-corrected chi connectivity index (χ0v) is 19.6. The van der Waals surface area contributed by atoms with Crippen LogP contribution in [-0.2, 0) is 14.8 Å². The average Bonchev–Trinajstić information content (AvgIpc) is 3.35. The van der Waals surface area contributed by atoms with Crippen molar-refractivity contribution in [2.75, 3.05) is 13.7 Å². The monoisotopic (exact) mass is 464 g/mol. The van der Waals surface area contributed by atoms with Gasteiger partial charge in [-0.2, -0.15) is 4.31 Å². The molecular weight excluding hydrogens is 436 g/mol. The number of carbonyl (C=O) groups excluding carboxylic acids is 1. The Morgan fingerprint density at radius 1 is 1.00 bits per heavy atom. The van der Waals surface area contributed by atoms with Crippen LogP contribution in [0, 0.1) is 6.92 Å². The normalized spacial score (nSPS) is 16.6. The van der Waals surface area contributed by atoms with Crippen LogP contribution in [0.1, 0.15) is 35.6 Å². The van der Waals surface area contributed by atoms with Gasteiger partial charge in [-0.3, -0.25) is 4.79 Å². The summed E-state index contributed by atoms with van der Waals surface area (Å²) in [6, 6.07) is 23.2. The molecule has 3 aromatic carbocycles. The first-order valence-electron chi connectivity index (χ1n) is 11.0. The minimum absolute atomic E-state index is 0.171. The van der Waals surface area contributed by atoms with E-state index in [0.29, 0.717) is 30.7 Å². The van der Waals surface area contributed by atoms with Gasteiger partial charge >= 0.3 is 0 Å². The quantitative estimate of drug-likeness (QED) is 0.572.